The zero-order valence-electron chi connectivity index (χ0n) is 20.2. The zero-order valence-corrected chi connectivity index (χ0v) is 21.1. The molecule has 0 saturated carbocycles. The average molecular weight is 487 g/mol. The van der Waals surface area contributed by atoms with Crippen molar-refractivity contribution >= 4 is 23.8 Å². The summed E-state index contributed by atoms with van der Waals surface area (Å²) in [5.74, 6) is 3.17. The molecular weight excluding hydrogens is 456 g/mol. The smallest absolute Gasteiger partial charge is 0.127 e. The highest BCUT2D eigenvalue weighted by Crippen LogP contribution is 2.53. The first kappa shape index (κ1) is 24.5. The van der Waals surface area contributed by atoms with E-state index in [9.17, 15) is 0 Å². The van der Waals surface area contributed by atoms with E-state index in [1.54, 1.807) is 0 Å². The molecule has 4 aromatic rings. The number of hydrogen-bond donors (Lipinski definition) is 2. The van der Waals surface area contributed by atoms with Gasteiger partial charge in [-0.2, -0.15) is 0 Å². The lowest BCUT2D eigenvalue weighted by Crippen LogP contribution is -2.23. The Balaban J connectivity index is 0.00000289. The van der Waals surface area contributed by atoms with Gasteiger partial charge in [0.2, 0.25) is 0 Å². The molecule has 1 aliphatic rings. The predicted molar refractivity (Wildman–Crippen MR) is 146 cm³/mol. The summed E-state index contributed by atoms with van der Waals surface area (Å²) in [6.45, 7) is 6.95. The van der Waals surface area contributed by atoms with E-state index in [2.05, 4.69) is 51.1 Å². The molecular formula is C30H31ClN2O2. The number of anilines is 2. The van der Waals surface area contributed by atoms with Crippen molar-refractivity contribution in [3.05, 3.63) is 108 Å². The van der Waals surface area contributed by atoms with E-state index in [1.807, 2.05) is 60.7 Å². The van der Waals surface area contributed by atoms with E-state index in [0.717, 1.165) is 40.8 Å². The Morgan fingerprint density at radius 2 is 1.00 bits per heavy atom. The van der Waals surface area contributed by atoms with E-state index in [1.165, 1.54) is 16.7 Å². The molecule has 0 aliphatic heterocycles. The van der Waals surface area contributed by atoms with Gasteiger partial charge in [-0.25, -0.2) is 0 Å². The highest BCUT2D eigenvalue weighted by molar-refractivity contribution is 5.85. The van der Waals surface area contributed by atoms with Crippen LogP contribution < -0.4 is 20.9 Å². The van der Waals surface area contributed by atoms with Crippen molar-refractivity contribution in [2.45, 2.75) is 38.0 Å². The molecule has 4 aromatic carbocycles. The van der Waals surface area contributed by atoms with Gasteiger partial charge in [-0.3, -0.25) is 0 Å². The molecule has 180 valence electrons. The SMILES string of the molecule is CC1(C)CC(C)(c2ccc(Oc3ccc(N)cc3)cc2)c2cc(Oc3ccc(N)cc3)ccc21.Cl. The third kappa shape index (κ3) is 4.80. The Kier molecular flexibility index (Phi) is 6.44. The van der Waals surface area contributed by atoms with E-state index < -0.39 is 0 Å². The van der Waals surface area contributed by atoms with Crippen molar-refractivity contribution in [1.82, 2.24) is 0 Å². The highest BCUT2D eigenvalue weighted by atomic mass is 35.5. The lowest BCUT2D eigenvalue weighted by atomic mass is 9.75. The maximum atomic E-state index is 6.17. The Morgan fingerprint density at radius 3 is 1.51 bits per heavy atom. The second-order valence-corrected chi connectivity index (χ2v) is 9.97. The fraction of sp³-hybridized carbons (Fsp3) is 0.200. The summed E-state index contributed by atoms with van der Waals surface area (Å²) in [6, 6.07) is 29.8. The van der Waals surface area contributed by atoms with Crippen LogP contribution in [-0.2, 0) is 10.8 Å². The summed E-state index contributed by atoms with van der Waals surface area (Å²) < 4.78 is 12.2. The number of halogens is 1. The number of nitrogen functional groups attached to an aromatic ring is 2. The quantitative estimate of drug-likeness (QED) is 0.282. The van der Waals surface area contributed by atoms with Gasteiger partial charge < -0.3 is 20.9 Å². The molecule has 4 nitrogen and oxygen atoms in total. The van der Waals surface area contributed by atoms with Gasteiger partial charge in [0.1, 0.15) is 23.0 Å². The van der Waals surface area contributed by atoms with Crippen LogP contribution in [0.3, 0.4) is 0 Å². The second-order valence-electron chi connectivity index (χ2n) is 9.97. The van der Waals surface area contributed by atoms with Gasteiger partial charge >= 0.3 is 0 Å². The standard InChI is InChI=1S/C30H30N2O2.ClH/c1-29(2)19-30(3,20-4-10-23(11-5-20)33-24-12-6-21(31)7-13-24)28-18-26(16-17-27(28)29)34-25-14-8-22(32)9-15-25;/h4-18H,19,31-32H2,1-3H3;1H. The molecule has 0 spiro atoms. The maximum Gasteiger partial charge on any atom is 0.127 e. The number of ether oxygens (including phenoxy) is 2. The normalized spacial score (nSPS) is 17.8. The van der Waals surface area contributed by atoms with Crippen LogP contribution in [0.5, 0.6) is 23.0 Å². The van der Waals surface area contributed by atoms with E-state index in [-0.39, 0.29) is 23.2 Å². The Bertz CT molecular complexity index is 1320. The van der Waals surface area contributed by atoms with Crippen LogP contribution in [0.2, 0.25) is 0 Å². The van der Waals surface area contributed by atoms with E-state index >= 15 is 0 Å². The number of benzene rings is 4. The van der Waals surface area contributed by atoms with Crippen LogP contribution in [-0.4, -0.2) is 0 Å². The minimum absolute atomic E-state index is 0. The number of hydrogen-bond acceptors (Lipinski definition) is 4. The topological polar surface area (TPSA) is 70.5 Å². The third-order valence-electron chi connectivity index (χ3n) is 6.83. The number of fused-ring (bicyclic) bond motifs is 1. The van der Waals surface area contributed by atoms with Crippen LogP contribution in [0.1, 0.15) is 43.9 Å². The van der Waals surface area contributed by atoms with Crippen LogP contribution in [0.15, 0.2) is 91.0 Å². The molecule has 0 aromatic heterocycles. The summed E-state index contributed by atoms with van der Waals surface area (Å²) in [5.41, 5.74) is 16.9. The minimum Gasteiger partial charge on any atom is -0.457 e. The summed E-state index contributed by atoms with van der Waals surface area (Å²) in [5, 5.41) is 0. The van der Waals surface area contributed by atoms with Crippen molar-refractivity contribution in [2.75, 3.05) is 11.5 Å². The zero-order chi connectivity index (χ0) is 23.9. The first-order chi connectivity index (χ1) is 16.2. The van der Waals surface area contributed by atoms with E-state index in [4.69, 9.17) is 20.9 Å². The molecule has 0 heterocycles. The molecule has 1 atom stereocenters. The average Bonchev–Trinajstić information content (AvgIpc) is 3.03. The van der Waals surface area contributed by atoms with Crippen LogP contribution in [0.25, 0.3) is 0 Å². The molecule has 5 rings (SSSR count). The Morgan fingerprint density at radius 1 is 0.571 bits per heavy atom. The molecule has 1 aliphatic carbocycles. The first-order valence-corrected chi connectivity index (χ1v) is 11.6. The second kappa shape index (κ2) is 9.20. The van der Waals surface area contributed by atoms with Crippen molar-refractivity contribution < 1.29 is 9.47 Å². The molecule has 0 fully saturated rings. The van der Waals surface area contributed by atoms with Gasteiger partial charge in [-0.05, 0) is 101 Å². The van der Waals surface area contributed by atoms with Crippen molar-refractivity contribution in [2.24, 2.45) is 0 Å². The molecule has 5 heteroatoms. The third-order valence-corrected chi connectivity index (χ3v) is 6.83. The van der Waals surface area contributed by atoms with Gasteiger partial charge in [0.25, 0.3) is 0 Å². The largest absolute Gasteiger partial charge is 0.457 e. The lowest BCUT2D eigenvalue weighted by molar-refractivity contribution is 0.423. The van der Waals surface area contributed by atoms with Gasteiger partial charge in [-0.1, -0.05) is 39.0 Å². The minimum atomic E-state index is -0.140. The predicted octanol–water partition coefficient (Wildman–Crippen LogP) is 7.84. The molecule has 0 saturated heterocycles. The van der Waals surface area contributed by atoms with Crippen LogP contribution >= 0.6 is 12.4 Å². The van der Waals surface area contributed by atoms with Crippen LogP contribution in [0.4, 0.5) is 11.4 Å². The van der Waals surface area contributed by atoms with Crippen molar-refractivity contribution in [3.63, 3.8) is 0 Å². The Labute approximate surface area is 213 Å². The molecule has 0 radical (unpaired) electrons. The Hall–Kier alpha value is -3.63. The van der Waals surface area contributed by atoms with Crippen molar-refractivity contribution in [1.29, 1.82) is 0 Å². The molecule has 35 heavy (non-hydrogen) atoms. The van der Waals surface area contributed by atoms with Gasteiger partial charge in [-0.15, -0.1) is 12.4 Å². The lowest BCUT2D eigenvalue weighted by Gasteiger charge is -2.28. The fourth-order valence-electron chi connectivity index (χ4n) is 5.20. The maximum absolute atomic E-state index is 6.17. The van der Waals surface area contributed by atoms with Gasteiger partial charge in [0.05, 0.1) is 0 Å². The molecule has 1 unspecified atom stereocenters. The highest BCUT2D eigenvalue weighted by Gasteiger charge is 2.45. The van der Waals surface area contributed by atoms with E-state index in [0.29, 0.717) is 0 Å². The summed E-state index contributed by atoms with van der Waals surface area (Å²) in [4.78, 5) is 0. The fourth-order valence-corrected chi connectivity index (χ4v) is 5.20. The van der Waals surface area contributed by atoms with Crippen molar-refractivity contribution in [3.8, 4) is 23.0 Å². The first-order valence-electron chi connectivity index (χ1n) is 11.6. The monoisotopic (exact) mass is 486 g/mol. The van der Waals surface area contributed by atoms with Gasteiger partial charge in [0, 0.05) is 16.8 Å². The van der Waals surface area contributed by atoms with Crippen LogP contribution in [0, 0.1) is 0 Å². The summed E-state index contributed by atoms with van der Waals surface area (Å²) in [6.07, 6.45) is 1.01. The summed E-state index contributed by atoms with van der Waals surface area (Å²) in [7, 11) is 0. The van der Waals surface area contributed by atoms with Gasteiger partial charge in [0.15, 0.2) is 0 Å². The number of nitrogens with two attached hydrogens (primary N) is 2. The molecule has 0 amide bonds. The molecule has 4 N–H and O–H groups in total. The number of rotatable bonds is 5. The molecule has 0 bridgehead atoms. The summed E-state index contributed by atoms with van der Waals surface area (Å²) >= 11 is 0.